The van der Waals surface area contributed by atoms with E-state index in [0.717, 1.165) is 11.4 Å². The highest BCUT2D eigenvalue weighted by atomic mass is 14.9. The summed E-state index contributed by atoms with van der Waals surface area (Å²) in [5.74, 6) is 0.865. The van der Waals surface area contributed by atoms with Gasteiger partial charge >= 0.3 is 0 Å². The lowest BCUT2D eigenvalue weighted by molar-refractivity contribution is 0.637. The van der Waals surface area contributed by atoms with Gasteiger partial charge in [-0.05, 0) is 11.8 Å². The molecule has 0 spiro atoms. The van der Waals surface area contributed by atoms with Crippen LogP contribution in [0.25, 0.3) is 0 Å². The first-order valence-electron chi connectivity index (χ1n) is 4.36. The molecule has 2 nitrogen and oxygen atoms in total. The van der Waals surface area contributed by atoms with Crippen LogP contribution >= 0.6 is 0 Å². The minimum Gasteiger partial charge on any atom is -0.403 e. The quantitative estimate of drug-likeness (QED) is 0.675. The van der Waals surface area contributed by atoms with E-state index in [1.165, 1.54) is 0 Å². The third-order valence-electron chi connectivity index (χ3n) is 1.80. The van der Waals surface area contributed by atoms with E-state index in [1.807, 2.05) is 0 Å². The lowest BCUT2D eigenvalue weighted by Gasteiger charge is -2.17. The Morgan fingerprint density at radius 2 is 1.75 bits per heavy atom. The summed E-state index contributed by atoms with van der Waals surface area (Å²) in [7, 11) is 0. The zero-order chi connectivity index (χ0) is 9.72. The van der Waals surface area contributed by atoms with Gasteiger partial charge in [0.05, 0.1) is 0 Å². The maximum atomic E-state index is 5.46. The molecular formula is C10H20N2. The molecule has 0 aliphatic carbocycles. The number of allylic oxidation sites excluding steroid dienone is 2. The largest absolute Gasteiger partial charge is 0.403 e. The topological polar surface area (TPSA) is 38.0 Å². The van der Waals surface area contributed by atoms with Crippen LogP contribution in [0.15, 0.2) is 24.2 Å². The molecule has 0 aliphatic rings. The predicted octanol–water partition coefficient (Wildman–Crippen LogP) is 2.20. The second kappa shape index (κ2) is 4.86. The maximum absolute atomic E-state index is 5.46. The fourth-order valence-electron chi connectivity index (χ4n) is 0.708. The van der Waals surface area contributed by atoms with Crippen molar-refractivity contribution in [3.8, 4) is 0 Å². The minimum atomic E-state index is 0.422. The fraction of sp³-hybridized carbons (Fsp3) is 0.600. The molecule has 0 aromatic rings. The van der Waals surface area contributed by atoms with Gasteiger partial charge in [0.2, 0.25) is 0 Å². The molecular weight excluding hydrogens is 148 g/mol. The van der Waals surface area contributed by atoms with Crippen LogP contribution < -0.4 is 11.1 Å². The molecule has 0 fully saturated rings. The Kier molecular flexibility index (Phi) is 4.49. The number of hydrogen-bond donors (Lipinski definition) is 2. The first-order valence-corrected chi connectivity index (χ1v) is 4.36. The molecule has 0 unspecified atom stereocenters. The Morgan fingerprint density at radius 1 is 1.25 bits per heavy atom. The minimum absolute atomic E-state index is 0.422. The third-order valence-corrected chi connectivity index (χ3v) is 1.80. The Bertz CT molecular complexity index is 178. The first kappa shape index (κ1) is 11.1. The van der Waals surface area contributed by atoms with Crippen molar-refractivity contribution in [1.82, 2.24) is 5.32 Å². The smallest absolute Gasteiger partial charge is 0.0331 e. The van der Waals surface area contributed by atoms with Gasteiger partial charge in [0, 0.05) is 17.6 Å². The van der Waals surface area contributed by atoms with Crippen LogP contribution in [0.3, 0.4) is 0 Å². The highest BCUT2D eigenvalue weighted by Crippen LogP contribution is 2.10. The van der Waals surface area contributed by atoms with E-state index in [9.17, 15) is 0 Å². The molecule has 0 saturated carbocycles. The lowest BCUT2D eigenvalue weighted by atomic mass is 10.1. The SMILES string of the molecule is C=C(N/C(=C\N)C(C)C)C(C)C. The second-order valence-electron chi connectivity index (χ2n) is 3.58. The van der Waals surface area contributed by atoms with E-state index in [2.05, 4.69) is 39.6 Å². The van der Waals surface area contributed by atoms with Crippen LogP contribution in [0.5, 0.6) is 0 Å². The van der Waals surface area contributed by atoms with E-state index in [-0.39, 0.29) is 0 Å². The predicted molar refractivity (Wildman–Crippen MR) is 54.2 cm³/mol. The third kappa shape index (κ3) is 3.46. The zero-order valence-corrected chi connectivity index (χ0v) is 8.52. The summed E-state index contributed by atoms with van der Waals surface area (Å²) in [5.41, 5.74) is 7.51. The first-order chi connectivity index (χ1) is 5.49. The van der Waals surface area contributed by atoms with Gasteiger partial charge in [0.1, 0.15) is 0 Å². The highest BCUT2D eigenvalue weighted by molar-refractivity contribution is 5.10. The summed E-state index contributed by atoms with van der Waals surface area (Å²) >= 11 is 0. The molecule has 0 amide bonds. The summed E-state index contributed by atoms with van der Waals surface area (Å²) < 4.78 is 0. The number of hydrogen-bond acceptors (Lipinski definition) is 2. The number of rotatable bonds is 4. The molecule has 0 radical (unpaired) electrons. The molecule has 70 valence electrons. The molecule has 0 atom stereocenters. The van der Waals surface area contributed by atoms with Crippen molar-refractivity contribution in [3.05, 3.63) is 24.2 Å². The number of nitrogens with one attached hydrogen (secondary N) is 1. The lowest BCUT2D eigenvalue weighted by Crippen LogP contribution is -2.20. The standard InChI is InChI=1S/C10H20N2/c1-7(2)9(5)12-10(6-11)8(3)4/h6-8,12H,5,11H2,1-4H3/b10-6-. The average molecular weight is 168 g/mol. The van der Waals surface area contributed by atoms with Crippen molar-refractivity contribution >= 4 is 0 Å². The normalized spacial score (nSPS) is 12.3. The van der Waals surface area contributed by atoms with Gasteiger partial charge in [-0.25, -0.2) is 0 Å². The molecule has 0 aromatic carbocycles. The molecule has 3 N–H and O–H groups in total. The van der Waals surface area contributed by atoms with Crippen LogP contribution in [0.2, 0.25) is 0 Å². The van der Waals surface area contributed by atoms with Gasteiger partial charge in [0.25, 0.3) is 0 Å². The Hall–Kier alpha value is -0.920. The van der Waals surface area contributed by atoms with Gasteiger partial charge < -0.3 is 11.1 Å². The molecule has 2 heteroatoms. The second-order valence-corrected chi connectivity index (χ2v) is 3.58. The van der Waals surface area contributed by atoms with Crippen LogP contribution in [0.1, 0.15) is 27.7 Å². The summed E-state index contributed by atoms with van der Waals surface area (Å²) in [4.78, 5) is 0. The summed E-state index contributed by atoms with van der Waals surface area (Å²) in [6, 6.07) is 0. The summed E-state index contributed by atoms with van der Waals surface area (Å²) in [6.45, 7) is 12.3. The van der Waals surface area contributed by atoms with E-state index in [4.69, 9.17) is 5.73 Å². The monoisotopic (exact) mass is 168 g/mol. The maximum Gasteiger partial charge on any atom is 0.0331 e. The van der Waals surface area contributed by atoms with E-state index < -0.39 is 0 Å². The Labute approximate surface area is 75.5 Å². The molecule has 0 bridgehead atoms. The fourth-order valence-corrected chi connectivity index (χ4v) is 0.708. The van der Waals surface area contributed by atoms with Gasteiger partial charge in [0.15, 0.2) is 0 Å². The van der Waals surface area contributed by atoms with Crippen molar-refractivity contribution in [3.63, 3.8) is 0 Å². The van der Waals surface area contributed by atoms with Crippen molar-refractivity contribution in [2.24, 2.45) is 17.6 Å². The Balaban J connectivity index is 4.15. The van der Waals surface area contributed by atoms with E-state index in [1.54, 1.807) is 6.20 Å². The van der Waals surface area contributed by atoms with Crippen molar-refractivity contribution in [2.75, 3.05) is 0 Å². The van der Waals surface area contributed by atoms with Gasteiger partial charge in [-0.2, -0.15) is 0 Å². The average Bonchev–Trinajstić information content (AvgIpc) is 1.98. The molecule has 0 aliphatic heterocycles. The molecule has 0 aromatic heterocycles. The Morgan fingerprint density at radius 3 is 2.00 bits per heavy atom. The highest BCUT2D eigenvalue weighted by Gasteiger charge is 2.05. The van der Waals surface area contributed by atoms with Crippen molar-refractivity contribution in [1.29, 1.82) is 0 Å². The van der Waals surface area contributed by atoms with Gasteiger partial charge in [-0.3, -0.25) is 0 Å². The van der Waals surface area contributed by atoms with Crippen LogP contribution in [-0.4, -0.2) is 0 Å². The van der Waals surface area contributed by atoms with Crippen molar-refractivity contribution < 1.29 is 0 Å². The molecule has 0 rings (SSSR count). The van der Waals surface area contributed by atoms with Crippen LogP contribution in [0, 0.1) is 11.8 Å². The summed E-state index contributed by atoms with van der Waals surface area (Å²) in [6.07, 6.45) is 1.61. The molecule has 0 heterocycles. The zero-order valence-electron chi connectivity index (χ0n) is 8.52. The van der Waals surface area contributed by atoms with Gasteiger partial charge in [-0.1, -0.05) is 34.3 Å². The summed E-state index contributed by atoms with van der Waals surface area (Å²) in [5, 5.41) is 3.21. The number of nitrogens with two attached hydrogens (primary N) is 1. The van der Waals surface area contributed by atoms with Gasteiger partial charge in [-0.15, -0.1) is 0 Å². The molecule has 12 heavy (non-hydrogen) atoms. The van der Waals surface area contributed by atoms with Crippen molar-refractivity contribution in [2.45, 2.75) is 27.7 Å². The van der Waals surface area contributed by atoms with E-state index >= 15 is 0 Å². The van der Waals surface area contributed by atoms with E-state index in [0.29, 0.717) is 11.8 Å². The van der Waals surface area contributed by atoms with Crippen LogP contribution in [0.4, 0.5) is 0 Å². The molecule has 0 saturated heterocycles. The van der Waals surface area contributed by atoms with Crippen LogP contribution in [-0.2, 0) is 0 Å².